The van der Waals surface area contributed by atoms with Crippen LogP contribution in [0.25, 0.3) is 11.2 Å². The fourth-order valence-electron chi connectivity index (χ4n) is 3.05. The highest BCUT2D eigenvalue weighted by Gasteiger charge is 2.20. The molecule has 0 N–H and O–H groups in total. The molecule has 21 heavy (non-hydrogen) atoms. The molecule has 1 amide bonds. The summed E-state index contributed by atoms with van der Waals surface area (Å²) in [6.45, 7) is 4.33. The highest BCUT2D eigenvalue weighted by molar-refractivity contribution is 6.16. The van der Waals surface area contributed by atoms with Gasteiger partial charge in [-0.3, -0.25) is 9.48 Å². The summed E-state index contributed by atoms with van der Waals surface area (Å²) in [5.74, 6) is 1.36. The van der Waals surface area contributed by atoms with Crippen LogP contribution < -0.4 is 0 Å². The third kappa shape index (κ3) is 2.52. The second kappa shape index (κ2) is 5.67. The van der Waals surface area contributed by atoms with E-state index in [0.29, 0.717) is 18.8 Å². The van der Waals surface area contributed by atoms with Crippen LogP contribution >= 0.6 is 11.6 Å². The van der Waals surface area contributed by atoms with Crippen molar-refractivity contribution in [1.29, 1.82) is 0 Å². The van der Waals surface area contributed by atoms with Gasteiger partial charge >= 0.3 is 0 Å². The maximum Gasteiger partial charge on any atom is 0.224 e. The molecule has 1 saturated heterocycles. The lowest BCUT2D eigenvalue weighted by molar-refractivity contribution is -0.130. The van der Waals surface area contributed by atoms with Crippen molar-refractivity contribution in [3.8, 4) is 0 Å². The predicted octanol–water partition coefficient (Wildman–Crippen LogP) is 1.83. The number of carbonyl (C=O) groups excluding carboxylic acids is 1. The van der Waals surface area contributed by atoms with Crippen LogP contribution in [0, 0.1) is 6.92 Å². The number of fused-ring (bicyclic) bond motifs is 1. The third-order valence-corrected chi connectivity index (χ3v) is 4.34. The zero-order valence-electron chi connectivity index (χ0n) is 12.5. The molecule has 6 nitrogen and oxygen atoms in total. The number of hydrogen-bond donors (Lipinski definition) is 0. The molecule has 0 atom stereocenters. The van der Waals surface area contributed by atoms with Crippen molar-refractivity contribution in [1.82, 2.24) is 24.2 Å². The maximum atomic E-state index is 12.2. The summed E-state index contributed by atoms with van der Waals surface area (Å²) in [6.07, 6.45) is 2.73. The number of amides is 1. The van der Waals surface area contributed by atoms with E-state index in [-0.39, 0.29) is 5.91 Å². The summed E-state index contributed by atoms with van der Waals surface area (Å²) in [6, 6.07) is 0. The molecular formula is C14H20ClN5O. The number of halogens is 1. The molecule has 1 aliphatic rings. The Balaban J connectivity index is 1.83. The summed E-state index contributed by atoms with van der Waals surface area (Å²) in [4.78, 5) is 18.7. The molecule has 0 radical (unpaired) electrons. The predicted molar refractivity (Wildman–Crippen MR) is 81.2 cm³/mol. The van der Waals surface area contributed by atoms with Crippen LogP contribution in [0.2, 0.25) is 0 Å². The first-order valence-corrected chi connectivity index (χ1v) is 7.87. The Kier molecular flexibility index (Phi) is 3.89. The number of hydrogen-bond acceptors (Lipinski definition) is 3. The smallest absolute Gasteiger partial charge is 0.224 e. The van der Waals surface area contributed by atoms with Crippen molar-refractivity contribution < 1.29 is 4.79 Å². The summed E-state index contributed by atoms with van der Waals surface area (Å²) in [7, 11) is 1.90. The molecule has 0 aliphatic carbocycles. The largest absolute Gasteiger partial charge is 0.343 e. The molecule has 1 fully saturated rings. The van der Waals surface area contributed by atoms with E-state index in [9.17, 15) is 4.79 Å². The van der Waals surface area contributed by atoms with E-state index in [1.165, 1.54) is 0 Å². The van der Waals surface area contributed by atoms with E-state index in [2.05, 4.69) is 10.1 Å². The highest BCUT2D eigenvalue weighted by Crippen LogP contribution is 2.21. The molecule has 0 saturated carbocycles. The van der Waals surface area contributed by atoms with Crippen LogP contribution in [-0.4, -0.2) is 43.2 Å². The molecule has 3 rings (SSSR count). The van der Waals surface area contributed by atoms with Crippen LogP contribution in [0.4, 0.5) is 0 Å². The number of aryl methyl sites for hydroxylation is 3. The normalized spacial score (nSPS) is 15.3. The van der Waals surface area contributed by atoms with E-state index in [1.807, 2.05) is 28.1 Å². The molecule has 7 heteroatoms. The lowest BCUT2D eigenvalue weighted by atomic mass is 10.3. The van der Waals surface area contributed by atoms with Gasteiger partial charge in [-0.05, 0) is 19.8 Å². The van der Waals surface area contributed by atoms with Gasteiger partial charge in [-0.1, -0.05) is 0 Å². The van der Waals surface area contributed by atoms with Crippen molar-refractivity contribution in [3.05, 3.63) is 11.5 Å². The van der Waals surface area contributed by atoms with Crippen LogP contribution in [0.1, 0.15) is 30.8 Å². The van der Waals surface area contributed by atoms with Crippen LogP contribution in [0.3, 0.4) is 0 Å². The standard InChI is InChI=1S/C14H20ClN5O/c1-10-13-14(18(2)17-10)20(11(9-15)16-13)8-5-12(21)19-6-3-4-7-19/h3-9H2,1-2H3. The van der Waals surface area contributed by atoms with Crippen molar-refractivity contribution in [2.24, 2.45) is 7.05 Å². The SMILES string of the molecule is Cc1nn(C)c2c1nc(CCl)n2CCC(=O)N1CCCC1. The number of nitrogens with zero attached hydrogens (tertiary/aromatic N) is 5. The van der Waals surface area contributed by atoms with E-state index >= 15 is 0 Å². The first-order valence-electron chi connectivity index (χ1n) is 7.34. The van der Waals surface area contributed by atoms with E-state index < -0.39 is 0 Å². The van der Waals surface area contributed by atoms with E-state index in [0.717, 1.165) is 48.6 Å². The first-order chi connectivity index (χ1) is 10.1. The van der Waals surface area contributed by atoms with Crippen molar-refractivity contribution >= 4 is 28.7 Å². The monoisotopic (exact) mass is 309 g/mol. The zero-order valence-corrected chi connectivity index (χ0v) is 13.2. The molecule has 0 bridgehead atoms. The summed E-state index contributed by atoms with van der Waals surface area (Å²) in [5.41, 5.74) is 2.71. The molecule has 114 valence electrons. The number of carbonyl (C=O) groups is 1. The van der Waals surface area contributed by atoms with Gasteiger partial charge in [0.1, 0.15) is 11.3 Å². The fraction of sp³-hybridized carbons (Fsp3) is 0.643. The Morgan fingerprint density at radius 1 is 1.33 bits per heavy atom. The second-order valence-corrected chi connectivity index (χ2v) is 5.80. The minimum absolute atomic E-state index is 0.216. The first kappa shape index (κ1) is 14.4. The number of imidazole rings is 1. The summed E-state index contributed by atoms with van der Waals surface area (Å²) >= 11 is 6.00. The van der Waals surface area contributed by atoms with Crippen LogP contribution in [-0.2, 0) is 24.3 Å². The van der Waals surface area contributed by atoms with Gasteiger partial charge < -0.3 is 9.47 Å². The van der Waals surface area contributed by atoms with Gasteiger partial charge in [0.25, 0.3) is 0 Å². The summed E-state index contributed by atoms with van der Waals surface area (Å²) < 4.78 is 3.84. The maximum absolute atomic E-state index is 12.2. The minimum Gasteiger partial charge on any atom is -0.343 e. The van der Waals surface area contributed by atoms with Gasteiger partial charge in [0.05, 0.1) is 11.6 Å². The number of likely N-dealkylation sites (tertiary alicyclic amines) is 1. The Hall–Kier alpha value is -1.56. The molecule has 0 unspecified atom stereocenters. The van der Waals surface area contributed by atoms with Gasteiger partial charge in [-0.25, -0.2) is 4.98 Å². The Labute approximate surface area is 128 Å². The van der Waals surface area contributed by atoms with E-state index in [4.69, 9.17) is 11.6 Å². The molecule has 0 spiro atoms. The van der Waals surface area contributed by atoms with Crippen LogP contribution in [0.15, 0.2) is 0 Å². The third-order valence-electron chi connectivity index (χ3n) is 4.10. The zero-order chi connectivity index (χ0) is 15.0. The lowest BCUT2D eigenvalue weighted by Crippen LogP contribution is -2.28. The van der Waals surface area contributed by atoms with E-state index in [1.54, 1.807) is 0 Å². The fourth-order valence-corrected chi connectivity index (χ4v) is 3.25. The minimum atomic E-state index is 0.216. The number of alkyl halides is 1. The number of aromatic nitrogens is 4. The Morgan fingerprint density at radius 3 is 2.71 bits per heavy atom. The van der Waals surface area contributed by atoms with Crippen molar-refractivity contribution in [2.45, 2.75) is 38.6 Å². The molecular weight excluding hydrogens is 290 g/mol. The van der Waals surface area contributed by atoms with Crippen molar-refractivity contribution in [2.75, 3.05) is 13.1 Å². The Bertz CT molecular complexity index is 668. The Morgan fingerprint density at radius 2 is 2.05 bits per heavy atom. The second-order valence-electron chi connectivity index (χ2n) is 5.53. The molecule has 2 aromatic rings. The average molecular weight is 310 g/mol. The van der Waals surface area contributed by atoms with Gasteiger partial charge in [0.2, 0.25) is 5.91 Å². The van der Waals surface area contributed by atoms with Gasteiger partial charge in [-0.15, -0.1) is 11.6 Å². The van der Waals surface area contributed by atoms with Gasteiger partial charge in [0.15, 0.2) is 5.65 Å². The molecule has 0 aromatic carbocycles. The van der Waals surface area contributed by atoms with Gasteiger partial charge in [0, 0.05) is 33.1 Å². The van der Waals surface area contributed by atoms with Crippen molar-refractivity contribution in [3.63, 3.8) is 0 Å². The highest BCUT2D eigenvalue weighted by atomic mass is 35.5. The summed E-state index contributed by atoms with van der Waals surface area (Å²) in [5, 5.41) is 4.39. The molecule has 2 aromatic heterocycles. The van der Waals surface area contributed by atoms with Gasteiger partial charge in [-0.2, -0.15) is 5.10 Å². The molecule has 1 aliphatic heterocycles. The quantitative estimate of drug-likeness (QED) is 0.810. The van der Waals surface area contributed by atoms with Crippen LogP contribution in [0.5, 0.6) is 0 Å². The lowest BCUT2D eigenvalue weighted by Gasteiger charge is -2.16. The molecule has 3 heterocycles. The topological polar surface area (TPSA) is 56.0 Å². The average Bonchev–Trinajstić information content (AvgIpc) is 3.15. The number of rotatable bonds is 4.